The lowest BCUT2D eigenvalue weighted by Gasteiger charge is -2.10. The van der Waals surface area contributed by atoms with E-state index in [0.717, 1.165) is 30.0 Å². The summed E-state index contributed by atoms with van der Waals surface area (Å²) in [6, 6.07) is 9.57. The summed E-state index contributed by atoms with van der Waals surface area (Å²) < 4.78 is 65.2. The van der Waals surface area contributed by atoms with Crippen LogP contribution in [0.1, 0.15) is 12.5 Å². The molecular weight excluding hydrogens is 367 g/mol. The van der Waals surface area contributed by atoms with Gasteiger partial charge in [0.05, 0.1) is 16.8 Å². The van der Waals surface area contributed by atoms with E-state index in [9.17, 15) is 21.2 Å². The lowest BCUT2D eigenvalue weighted by Crippen LogP contribution is -2.14. The van der Waals surface area contributed by atoms with Crippen LogP contribution < -0.4 is 9.44 Å². The van der Waals surface area contributed by atoms with Crippen LogP contribution in [-0.4, -0.2) is 23.1 Å². The van der Waals surface area contributed by atoms with Gasteiger partial charge in [0.2, 0.25) is 10.0 Å². The first-order valence-electron chi connectivity index (χ1n) is 7.14. The summed E-state index contributed by atoms with van der Waals surface area (Å²) in [5.41, 5.74) is 0.914. The van der Waals surface area contributed by atoms with Gasteiger partial charge in [-0.25, -0.2) is 21.2 Å². The zero-order valence-electron chi connectivity index (χ0n) is 13.5. The van der Waals surface area contributed by atoms with Crippen LogP contribution in [0.3, 0.4) is 0 Å². The monoisotopic (exact) mass is 384 g/mol. The quantitative estimate of drug-likeness (QED) is 0.801. The molecule has 0 bridgehead atoms. The van der Waals surface area contributed by atoms with Gasteiger partial charge < -0.3 is 0 Å². The Bertz CT molecular complexity index is 999. The number of allylic oxidation sites excluding steroid dienone is 1. The third-order valence-electron chi connectivity index (χ3n) is 3.07. The largest absolute Gasteiger partial charge is 0.281 e. The molecule has 25 heavy (non-hydrogen) atoms. The zero-order valence-corrected chi connectivity index (χ0v) is 15.2. The van der Waals surface area contributed by atoms with E-state index in [2.05, 4.69) is 4.72 Å². The van der Waals surface area contributed by atoms with Crippen molar-refractivity contribution in [3.05, 3.63) is 59.9 Å². The number of nitrogens with one attached hydrogen (secondary N) is 2. The number of anilines is 2. The van der Waals surface area contributed by atoms with Crippen LogP contribution in [0, 0.1) is 5.82 Å². The molecule has 0 unspecified atom stereocenters. The van der Waals surface area contributed by atoms with Gasteiger partial charge >= 0.3 is 0 Å². The second-order valence-corrected chi connectivity index (χ2v) is 8.67. The number of halogens is 1. The first kappa shape index (κ1) is 18.9. The van der Waals surface area contributed by atoms with Crippen LogP contribution in [0.25, 0.3) is 6.08 Å². The summed E-state index contributed by atoms with van der Waals surface area (Å²) in [4.78, 5) is -0.318. The van der Waals surface area contributed by atoms with E-state index in [4.69, 9.17) is 0 Å². The smallest absolute Gasteiger partial charge is 0.261 e. The first-order valence-corrected chi connectivity index (χ1v) is 10.5. The number of hydrogen-bond donors (Lipinski definition) is 2. The standard InChI is InChI=1S/C16H17FN2O4S2/c1-3-4-12-5-7-13(8-6-12)18-25(22,23)14-9-10-16(15(17)11-14)19-24(2,20)21/h3-11,18-19H,1-2H3/b4-3+. The van der Waals surface area contributed by atoms with Crippen LogP contribution in [0.4, 0.5) is 15.8 Å². The van der Waals surface area contributed by atoms with Gasteiger partial charge in [0.1, 0.15) is 5.82 Å². The third kappa shape index (κ3) is 5.30. The number of rotatable bonds is 6. The lowest BCUT2D eigenvalue weighted by atomic mass is 10.2. The SMILES string of the molecule is C/C=C/c1ccc(NS(=O)(=O)c2ccc(NS(C)(=O)=O)c(F)c2)cc1. The Morgan fingerprint density at radius 3 is 2.12 bits per heavy atom. The molecule has 2 aromatic carbocycles. The summed E-state index contributed by atoms with van der Waals surface area (Å²) >= 11 is 0. The van der Waals surface area contributed by atoms with Gasteiger partial charge in [-0.3, -0.25) is 9.44 Å². The van der Waals surface area contributed by atoms with Crippen molar-refractivity contribution in [2.45, 2.75) is 11.8 Å². The highest BCUT2D eigenvalue weighted by Crippen LogP contribution is 2.22. The van der Waals surface area contributed by atoms with E-state index in [1.807, 2.05) is 23.8 Å². The maximum Gasteiger partial charge on any atom is 0.261 e. The minimum absolute atomic E-state index is 0.318. The fourth-order valence-electron chi connectivity index (χ4n) is 2.01. The summed E-state index contributed by atoms with van der Waals surface area (Å²) in [5.74, 6) is -0.989. The van der Waals surface area contributed by atoms with Crippen molar-refractivity contribution < 1.29 is 21.2 Å². The molecule has 0 spiro atoms. The van der Waals surface area contributed by atoms with Crippen molar-refractivity contribution in [1.29, 1.82) is 0 Å². The van der Waals surface area contributed by atoms with Gasteiger partial charge in [-0.05, 0) is 42.8 Å². The summed E-state index contributed by atoms with van der Waals surface area (Å²) in [6.45, 7) is 1.87. The molecule has 0 aliphatic carbocycles. The average Bonchev–Trinajstić information content (AvgIpc) is 2.50. The number of sulfonamides is 2. The molecule has 0 atom stereocenters. The van der Waals surface area contributed by atoms with Gasteiger partial charge in [-0.1, -0.05) is 24.3 Å². The Hall–Kier alpha value is -2.39. The van der Waals surface area contributed by atoms with Crippen LogP contribution in [-0.2, 0) is 20.0 Å². The Labute approximate surface area is 146 Å². The molecule has 6 nitrogen and oxygen atoms in total. The molecule has 0 saturated carbocycles. The molecule has 0 aliphatic rings. The molecule has 134 valence electrons. The molecular formula is C16H17FN2O4S2. The normalized spacial score (nSPS) is 12.3. The van der Waals surface area contributed by atoms with Crippen molar-refractivity contribution in [3.63, 3.8) is 0 Å². The van der Waals surface area contributed by atoms with Crippen molar-refractivity contribution in [1.82, 2.24) is 0 Å². The second-order valence-electron chi connectivity index (χ2n) is 5.24. The third-order valence-corrected chi connectivity index (χ3v) is 5.04. The van der Waals surface area contributed by atoms with Crippen LogP contribution in [0.2, 0.25) is 0 Å². The Balaban J connectivity index is 2.25. The highest BCUT2D eigenvalue weighted by atomic mass is 32.2. The lowest BCUT2D eigenvalue weighted by molar-refractivity contribution is 0.595. The highest BCUT2D eigenvalue weighted by Gasteiger charge is 2.17. The molecule has 0 saturated heterocycles. The fourth-order valence-corrected chi connectivity index (χ4v) is 3.65. The first-order chi connectivity index (χ1) is 11.6. The summed E-state index contributed by atoms with van der Waals surface area (Å²) in [7, 11) is -7.67. The molecule has 2 aromatic rings. The molecule has 2 N–H and O–H groups in total. The van der Waals surface area contributed by atoms with E-state index in [1.54, 1.807) is 24.3 Å². The number of hydrogen-bond acceptors (Lipinski definition) is 4. The molecule has 0 fully saturated rings. The van der Waals surface area contributed by atoms with E-state index in [0.29, 0.717) is 5.69 Å². The van der Waals surface area contributed by atoms with Crippen LogP contribution >= 0.6 is 0 Å². The zero-order chi connectivity index (χ0) is 18.7. The van der Waals surface area contributed by atoms with Crippen LogP contribution in [0.5, 0.6) is 0 Å². The molecule has 0 amide bonds. The van der Waals surface area contributed by atoms with E-state index in [1.165, 1.54) is 0 Å². The molecule has 2 rings (SSSR count). The topological polar surface area (TPSA) is 92.3 Å². The second kappa shape index (κ2) is 7.24. The van der Waals surface area contributed by atoms with Crippen molar-refractivity contribution in [3.8, 4) is 0 Å². The Kier molecular flexibility index (Phi) is 5.48. The van der Waals surface area contributed by atoms with Crippen molar-refractivity contribution in [2.75, 3.05) is 15.7 Å². The molecule has 0 radical (unpaired) electrons. The van der Waals surface area contributed by atoms with Gasteiger partial charge in [0.25, 0.3) is 10.0 Å². The van der Waals surface area contributed by atoms with Gasteiger partial charge in [0.15, 0.2) is 0 Å². The van der Waals surface area contributed by atoms with Gasteiger partial charge in [-0.15, -0.1) is 0 Å². The molecule has 0 aliphatic heterocycles. The molecule has 9 heteroatoms. The van der Waals surface area contributed by atoms with Gasteiger partial charge in [0, 0.05) is 5.69 Å². The number of benzene rings is 2. The Morgan fingerprint density at radius 2 is 1.60 bits per heavy atom. The maximum atomic E-state index is 14.0. The average molecular weight is 384 g/mol. The van der Waals surface area contributed by atoms with Gasteiger partial charge in [-0.2, -0.15) is 0 Å². The van der Waals surface area contributed by atoms with Crippen molar-refractivity contribution in [2.24, 2.45) is 0 Å². The molecule has 0 aromatic heterocycles. The van der Waals surface area contributed by atoms with Crippen LogP contribution in [0.15, 0.2) is 53.4 Å². The van der Waals surface area contributed by atoms with E-state index < -0.39 is 25.9 Å². The fraction of sp³-hybridized carbons (Fsp3) is 0.125. The minimum Gasteiger partial charge on any atom is -0.281 e. The highest BCUT2D eigenvalue weighted by molar-refractivity contribution is 7.92. The van der Waals surface area contributed by atoms with E-state index in [-0.39, 0.29) is 10.6 Å². The molecule has 0 heterocycles. The summed E-state index contributed by atoms with van der Waals surface area (Å²) in [5, 5.41) is 0. The maximum absolute atomic E-state index is 14.0. The van der Waals surface area contributed by atoms with Crippen molar-refractivity contribution >= 4 is 37.5 Å². The summed E-state index contributed by atoms with van der Waals surface area (Å²) in [6.07, 6.45) is 4.59. The van der Waals surface area contributed by atoms with E-state index >= 15 is 0 Å². The Morgan fingerprint density at radius 1 is 0.960 bits per heavy atom. The predicted octanol–water partition coefficient (Wildman–Crippen LogP) is 3.03. The predicted molar refractivity (Wildman–Crippen MR) is 96.8 cm³/mol. The minimum atomic E-state index is -4.01.